The first-order valence-corrected chi connectivity index (χ1v) is 19.6. The second kappa shape index (κ2) is 38.1. The number of hydrogen-bond donors (Lipinski definition) is 10. The molecule has 1 rings (SSSR count). The first-order valence-electron chi connectivity index (χ1n) is 19.6. The van der Waals surface area contributed by atoms with Crippen LogP contribution in [0.3, 0.4) is 0 Å². The summed E-state index contributed by atoms with van der Waals surface area (Å²) in [4.78, 5) is 114. The SMILES string of the molecule is CC.CCC(=O)O.CCC(=O)O.Cc1cccc(C(=O)NCCCCC(NC(=O)CNC(=O)C(CCC(=O)O)NC(=O)CNC(=O)CCOCCOCCC(N)=O)C(=O)O)c1. The highest BCUT2D eigenvalue weighted by molar-refractivity contribution is 5.94. The van der Waals surface area contributed by atoms with Crippen LogP contribution < -0.4 is 32.3 Å². The fourth-order valence-electron chi connectivity index (χ4n) is 4.07. The van der Waals surface area contributed by atoms with E-state index in [2.05, 4.69) is 26.6 Å². The lowest BCUT2D eigenvalue weighted by molar-refractivity contribution is -0.142. The van der Waals surface area contributed by atoms with Crippen molar-refractivity contribution in [3.05, 3.63) is 35.4 Å². The molecule has 0 bridgehead atoms. The molecule has 0 aliphatic heterocycles. The van der Waals surface area contributed by atoms with Crippen LogP contribution in [0.5, 0.6) is 0 Å². The fourth-order valence-corrected chi connectivity index (χ4v) is 4.07. The molecule has 22 heteroatoms. The summed E-state index contributed by atoms with van der Waals surface area (Å²) in [6.45, 7) is 8.71. The Kier molecular flexibility index (Phi) is 36.9. The van der Waals surface area contributed by atoms with Gasteiger partial charge in [-0.2, -0.15) is 0 Å². The lowest BCUT2D eigenvalue weighted by Gasteiger charge is -2.19. The van der Waals surface area contributed by atoms with Gasteiger partial charge in [-0.15, -0.1) is 0 Å². The Bertz CT molecular complexity index is 1510. The van der Waals surface area contributed by atoms with Gasteiger partial charge in [0.2, 0.25) is 29.5 Å². The van der Waals surface area contributed by atoms with Crippen molar-refractivity contribution in [1.82, 2.24) is 26.6 Å². The van der Waals surface area contributed by atoms with Crippen LogP contribution in [0, 0.1) is 6.92 Å². The van der Waals surface area contributed by atoms with E-state index in [4.69, 9.17) is 30.5 Å². The molecule has 0 heterocycles. The Morgan fingerprint density at radius 1 is 0.639 bits per heavy atom. The van der Waals surface area contributed by atoms with E-state index < -0.39 is 85.0 Å². The molecule has 6 amide bonds. The van der Waals surface area contributed by atoms with Crippen LogP contribution in [-0.4, -0.2) is 138 Å². The number of rotatable bonds is 28. The third-order valence-corrected chi connectivity index (χ3v) is 7.23. The number of amides is 6. The minimum Gasteiger partial charge on any atom is -0.481 e. The molecule has 0 fully saturated rings. The monoisotopic (exact) mass is 872 g/mol. The summed E-state index contributed by atoms with van der Waals surface area (Å²) in [6.07, 6.45) is 0.477. The van der Waals surface area contributed by atoms with E-state index in [1.807, 2.05) is 26.8 Å². The van der Waals surface area contributed by atoms with Crippen molar-refractivity contribution < 1.29 is 77.8 Å². The molecule has 61 heavy (non-hydrogen) atoms. The van der Waals surface area contributed by atoms with Gasteiger partial charge in [0.05, 0.1) is 39.5 Å². The van der Waals surface area contributed by atoms with Gasteiger partial charge >= 0.3 is 23.9 Å². The molecule has 1 aromatic rings. The van der Waals surface area contributed by atoms with Gasteiger partial charge in [-0.05, 0) is 44.7 Å². The van der Waals surface area contributed by atoms with E-state index in [0.29, 0.717) is 24.9 Å². The summed E-state index contributed by atoms with van der Waals surface area (Å²) in [6, 6.07) is 4.41. The standard InChI is InChI=1S/C31H46N6O12.2C3H6O2.C2H6/c1-20-5-4-6-21(17-20)29(44)33-12-3-2-7-23(31(46)47)37-27(41)19-35-30(45)22(8-9-28(42)43)36-26(40)18-34-25(39)11-14-49-16-15-48-13-10-24(32)38;2*1-2-3(4)5;1-2/h4-6,17,22-23H,2-3,7-16,18-19H2,1H3,(H2,32,38)(H,33,44)(H,34,39)(H,35,45)(H,36,40)(H,37,41)(H,42,43)(H,46,47);2*2H2,1H3,(H,4,5);1-2H3. The number of hydrogen-bond acceptors (Lipinski definition) is 12. The predicted octanol–water partition coefficient (Wildman–Crippen LogP) is 0.333. The van der Waals surface area contributed by atoms with Crippen LogP contribution in [0.2, 0.25) is 0 Å². The second-order valence-corrected chi connectivity index (χ2v) is 12.3. The van der Waals surface area contributed by atoms with Gasteiger partial charge in [0, 0.05) is 44.2 Å². The van der Waals surface area contributed by atoms with Crippen molar-refractivity contribution in [2.45, 2.75) is 104 Å². The lowest BCUT2D eigenvalue weighted by atomic mass is 10.1. The Morgan fingerprint density at radius 3 is 1.66 bits per heavy atom. The number of benzene rings is 1. The van der Waals surface area contributed by atoms with Crippen LogP contribution in [0.4, 0.5) is 0 Å². The number of aryl methyl sites for hydroxylation is 1. The average molecular weight is 873 g/mol. The largest absolute Gasteiger partial charge is 0.481 e. The van der Waals surface area contributed by atoms with E-state index in [9.17, 15) is 53.1 Å². The number of aliphatic carboxylic acids is 4. The highest BCUT2D eigenvalue weighted by Crippen LogP contribution is 2.05. The first-order chi connectivity index (χ1) is 28.8. The van der Waals surface area contributed by atoms with Crippen molar-refractivity contribution in [3.63, 3.8) is 0 Å². The molecule has 0 aliphatic rings. The number of primary amides is 1. The smallest absolute Gasteiger partial charge is 0.326 e. The molecule has 2 atom stereocenters. The Balaban J connectivity index is -0.00000246. The number of carbonyl (C=O) groups excluding carboxylic acids is 6. The minimum absolute atomic E-state index is 0.0216. The topological polar surface area (TPSA) is 356 Å². The zero-order valence-electron chi connectivity index (χ0n) is 35.5. The minimum atomic E-state index is -1.36. The zero-order chi connectivity index (χ0) is 47.2. The van der Waals surface area contributed by atoms with Gasteiger partial charge in [-0.3, -0.25) is 43.2 Å². The van der Waals surface area contributed by atoms with E-state index in [1.54, 1.807) is 32.0 Å². The zero-order valence-corrected chi connectivity index (χ0v) is 35.5. The molecule has 22 nitrogen and oxygen atoms in total. The van der Waals surface area contributed by atoms with Crippen molar-refractivity contribution >= 4 is 59.3 Å². The quantitative estimate of drug-likeness (QED) is 0.0507. The van der Waals surface area contributed by atoms with Gasteiger partial charge < -0.3 is 62.2 Å². The summed E-state index contributed by atoms with van der Waals surface area (Å²) in [7, 11) is 0. The van der Waals surface area contributed by atoms with Crippen molar-refractivity contribution in [3.8, 4) is 0 Å². The summed E-state index contributed by atoms with van der Waals surface area (Å²) in [5.74, 6) is -7.83. The Morgan fingerprint density at radius 2 is 1.16 bits per heavy atom. The Hall–Kier alpha value is -6.16. The van der Waals surface area contributed by atoms with Gasteiger partial charge in [0.15, 0.2) is 0 Å². The average Bonchev–Trinajstić information content (AvgIpc) is 3.21. The van der Waals surface area contributed by atoms with Gasteiger partial charge in [-0.1, -0.05) is 45.4 Å². The number of ether oxygens (including phenoxy) is 2. The lowest BCUT2D eigenvalue weighted by Crippen LogP contribution is -2.52. The van der Waals surface area contributed by atoms with E-state index in [-0.39, 0.29) is 70.9 Å². The Labute approximate surface area is 355 Å². The van der Waals surface area contributed by atoms with Gasteiger partial charge in [0.1, 0.15) is 12.1 Å². The number of carboxylic acids is 4. The summed E-state index contributed by atoms with van der Waals surface area (Å²) < 4.78 is 10.3. The highest BCUT2D eigenvalue weighted by atomic mass is 16.5. The van der Waals surface area contributed by atoms with Crippen LogP contribution in [-0.2, 0) is 52.6 Å². The van der Waals surface area contributed by atoms with E-state index in [1.165, 1.54) is 0 Å². The summed E-state index contributed by atoms with van der Waals surface area (Å²) in [5.41, 5.74) is 6.43. The molecular formula is C39H64N6O16. The molecule has 346 valence electrons. The predicted molar refractivity (Wildman–Crippen MR) is 219 cm³/mol. The van der Waals surface area contributed by atoms with Gasteiger partial charge in [0.25, 0.3) is 5.91 Å². The van der Waals surface area contributed by atoms with Crippen LogP contribution in [0.1, 0.15) is 101 Å². The molecule has 11 N–H and O–H groups in total. The molecule has 0 aromatic heterocycles. The van der Waals surface area contributed by atoms with Crippen LogP contribution in [0.15, 0.2) is 24.3 Å². The van der Waals surface area contributed by atoms with Gasteiger partial charge in [-0.25, -0.2) is 4.79 Å². The van der Waals surface area contributed by atoms with E-state index >= 15 is 0 Å². The van der Waals surface area contributed by atoms with Crippen LogP contribution >= 0.6 is 0 Å². The molecule has 1 aromatic carbocycles. The number of carbonyl (C=O) groups is 10. The molecule has 0 saturated carbocycles. The maximum absolute atomic E-state index is 12.7. The number of unbranched alkanes of at least 4 members (excludes halogenated alkanes) is 1. The van der Waals surface area contributed by atoms with Crippen molar-refractivity contribution in [2.75, 3.05) is 46.1 Å². The normalized spacial score (nSPS) is 10.8. The second-order valence-electron chi connectivity index (χ2n) is 12.3. The fraction of sp³-hybridized carbons (Fsp3) is 0.590. The maximum Gasteiger partial charge on any atom is 0.326 e. The third kappa shape index (κ3) is 37.8. The number of nitrogens with two attached hydrogens (primary N) is 1. The molecule has 0 saturated heterocycles. The molecule has 0 spiro atoms. The highest BCUT2D eigenvalue weighted by Gasteiger charge is 2.24. The summed E-state index contributed by atoms with van der Waals surface area (Å²) in [5, 5.41) is 45.9. The first kappa shape index (κ1) is 59.2. The number of carboxylic acid groups (broad SMARTS) is 4. The molecule has 0 radical (unpaired) electrons. The third-order valence-electron chi connectivity index (χ3n) is 7.23. The number of nitrogens with one attached hydrogen (secondary N) is 5. The summed E-state index contributed by atoms with van der Waals surface area (Å²) >= 11 is 0. The van der Waals surface area contributed by atoms with Crippen LogP contribution in [0.25, 0.3) is 0 Å². The molecule has 0 aliphatic carbocycles. The van der Waals surface area contributed by atoms with E-state index in [0.717, 1.165) is 5.56 Å². The van der Waals surface area contributed by atoms with Crippen molar-refractivity contribution in [2.24, 2.45) is 5.73 Å². The molecular weight excluding hydrogens is 808 g/mol. The molecule has 2 unspecified atom stereocenters. The maximum atomic E-state index is 12.7. The van der Waals surface area contributed by atoms with Crippen molar-refractivity contribution in [1.29, 1.82) is 0 Å².